The van der Waals surface area contributed by atoms with Crippen molar-refractivity contribution in [3.8, 4) is 0 Å². The first-order valence-corrected chi connectivity index (χ1v) is 7.31. The molecule has 0 aliphatic carbocycles. The SMILES string of the molecule is CCOC(=O)c1nc(C)n(CCc2csc(C)n2)c1N. The second-order valence-corrected chi connectivity index (χ2v) is 5.44. The normalized spacial score (nSPS) is 10.8. The first-order valence-electron chi connectivity index (χ1n) is 6.43. The topological polar surface area (TPSA) is 83.0 Å². The number of nitrogens with two attached hydrogens (primary N) is 1. The van der Waals surface area contributed by atoms with Crippen LogP contribution < -0.4 is 5.73 Å². The second-order valence-electron chi connectivity index (χ2n) is 4.37. The molecule has 0 amide bonds. The van der Waals surface area contributed by atoms with Crippen LogP contribution in [0.3, 0.4) is 0 Å². The fourth-order valence-electron chi connectivity index (χ4n) is 1.96. The van der Waals surface area contributed by atoms with Crippen molar-refractivity contribution in [2.75, 3.05) is 12.3 Å². The number of carbonyl (C=O) groups is 1. The van der Waals surface area contributed by atoms with Gasteiger partial charge in [-0.1, -0.05) is 0 Å². The van der Waals surface area contributed by atoms with Crippen LogP contribution in [0.2, 0.25) is 0 Å². The number of aromatic nitrogens is 3. The summed E-state index contributed by atoms with van der Waals surface area (Å²) in [5.74, 6) is 0.585. The van der Waals surface area contributed by atoms with E-state index in [1.54, 1.807) is 18.3 Å². The third-order valence-electron chi connectivity index (χ3n) is 2.92. The quantitative estimate of drug-likeness (QED) is 0.852. The predicted molar refractivity (Wildman–Crippen MR) is 77.9 cm³/mol. The molecule has 0 aromatic carbocycles. The van der Waals surface area contributed by atoms with Gasteiger partial charge in [0, 0.05) is 18.3 Å². The molecule has 0 saturated carbocycles. The summed E-state index contributed by atoms with van der Waals surface area (Å²) < 4.78 is 6.76. The molecular weight excluding hydrogens is 276 g/mol. The summed E-state index contributed by atoms with van der Waals surface area (Å²) >= 11 is 1.62. The molecule has 0 bridgehead atoms. The van der Waals surface area contributed by atoms with Gasteiger partial charge in [0.05, 0.1) is 17.3 Å². The van der Waals surface area contributed by atoms with E-state index < -0.39 is 5.97 Å². The zero-order chi connectivity index (χ0) is 14.7. The highest BCUT2D eigenvalue weighted by Crippen LogP contribution is 2.17. The van der Waals surface area contributed by atoms with Gasteiger partial charge in [0.15, 0.2) is 5.69 Å². The first kappa shape index (κ1) is 14.5. The number of nitrogen functional groups attached to an aromatic ring is 1. The summed E-state index contributed by atoms with van der Waals surface area (Å²) in [6, 6.07) is 0. The van der Waals surface area contributed by atoms with E-state index >= 15 is 0 Å². The second kappa shape index (κ2) is 6.04. The summed E-state index contributed by atoms with van der Waals surface area (Å²) in [4.78, 5) is 20.3. The van der Waals surface area contributed by atoms with E-state index in [-0.39, 0.29) is 5.69 Å². The number of esters is 1. The lowest BCUT2D eigenvalue weighted by molar-refractivity contribution is 0.0521. The van der Waals surface area contributed by atoms with E-state index in [4.69, 9.17) is 10.5 Å². The molecule has 0 spiro atoms. The minimum Gasteiger partial charge on any atom is -0.461 e. The van der Waals surface area contributed by atoms with Gasteiger partial charge in [-0.25, -0.2) is 14.8 Å². The fourth-order valence-corrected chi connectivity index (χ4v) is 2.61. The molecule has 2 aromatic heterocycles. The number of nitrogens with zero attached hydrogens (tertiary/aromatic N) is 3. The Balaban J connectivity index is 2.14. The summed E-state index contributed by atoms with van der Waals surface area (Å²) in [7, 11) is 0. The van der Waals surface area contributed by atoms with E-state index in [1.807, 2.05) is 23.8 Å². The highest BCUT2D eigenvalue weighted by atomic mass is 32.1. The number of ether oxygens (including phenoxy) is 1. The number of hydrogen-bond acceptors (Lipinski definition) is 6. The molecule has 108 valence electrons. The molecule has 2 aromatic rings. The van der Waals surface area contributed by atoms with Crippen LogP contribution in [0.15, 0.2) is 5.38 Å². The maximum atomic E-state index is 11.7. The number of hydrogen-bond donors (Lipinski definition) is 1. The van der Waals surface area contributed by atoms with Crippen molar-refractivity contribution >= 4 is 23.1 Å². The van der Waals surface area contributed by atoms with Gasteiger partial charge in [-0.3, -0.25) is 0 Å². The summed E-state index contributed by atoms with van der Waals surface area (Å²) in [6.07, 6.45) is 0.758. The van der Waals surface area contributed by atoms with Gasteiger partial charge >= 0.3 is 5.97 Å². The fraction of sp³-hybridized carbons (Fsp3) is 0.462. The van der Waals surface area contributed by atoms with E-state index in [9.17, 15) is 4.79 Å². The highest BCUT2D eigenvalue weighted by molar-refractivity contribution is 7.09. The summed E-state index contributed by atoms with van der Waals surface area (Å²) in [6.45, 7) is 6.51. The molecule has 0 aliphatic heterocycles. The lowest BCUT2D eigenvalue weighted by Gasteiger charge is -2.06. The molecule has 7 heteroatoms. The monoisotopic (exact) mass is 294 g/mol. The van der Waals surface area contributed by atoms with Crippen LogP contribution in [-0.4, -0.2) is 27.1 Å². The molecule has 2 N–H and O–H groups in total. The molecule has 0 atom stereocenters. The first-order chi connectivity index (χ1) is 9.52. The average Bonchev–Trinajstić information content (AvgIpc) is 2.92. The molecule has 0 fully saturated rings. The minimum atomic E-state index is -0.476. The molecular formula is C13H18N4O2S. The van der Waals surface area contributed by atoms with Crippen LogP contribution in [0.5, 0.6) is 0 Å². The smallest absolute Gasteiger partial charge is 0.360 e. The molecule has 2 heterocycles. The van der Waals surface area contributed by atoms with E-state index in [0.717, 1.165) is 17.1 Å². The number of aryl methyl sites for hydroxylation is 3. The summed E-state index contributed by atoms with van der Waals surface area (Å²) in [5, 5.41) is 3.08. The van der Waals surface area contributed by atoms with Gasteiger partial charge in [-0.2, -0.15) is 0 Å². The molecule has 0 saturated heterocycles. The van der Waals surface area contributed by atoms with E-state index in [1.165, 1.54) is 0 Å². The molecule has 20 heavy (non-hydrogen) atoms. The largest absolute Gasteiger partial charge is 0.461 e. The van der Waals surface area contributed by atoms with Crippen LogP contribution in [0.25, 0.3) is 0 Å². The van der Waals surface area contributed by atoms with Crippen LogP contribution in [0.1, 0.15) is 33.9 Å². The Hall–Kier alpha value is -1.89. The lowest BCUT2D eigenvalue weighted by atomic mass is 10.3. The number of carbonyl (C=O) groups excluding carboxylic acids is 1. The predicted octanol–water partition coefficient (Wildman–Crippen LogP) is 1.96. The Labute approximate surface area is 121 Å². The van der Waals surface area contributed by atoms with Gasteiger partial charge in [0.1, 0.15) is 11.6 Å². The van der Waals surface area contributed by atoms with Crippen molar-refractivity contribution in [3.05, 3.63) is 27.6 Å². The van der Waals surface area contributed by atoms with Crippen LogP contribution >= 0.6 is 11.3 Å². The third-order valence-corrected chi connectivity index (χ3v) is 3.75. The Morgan fingerprint density at radius 1 is 1.45 bits per heavy atom. The Kier molecular flexibility index (Phi) is 4.39. The maximum Gasteiger partial charge on any atom is 0.360 e. The zero-order valence-electron chi connectivity index (χ0n) is 11.8. The maximum absolute atomic E-state index is 11.7. The number of rotatable bonds is 5. The van der Waals surface area contributed by atoms with E-state index in [2.05, 4.69) is 9.97 Å². The van der Waals surface area contributed by atoms with Crippen LogP contribution in [0, 0.1) is 13.8 Å². The lowest BCUT2D eigenvalue weighted by Crippen LogP contribution is -2.11. The van der Waals surface area contributed by atoms with Crippen molar-refractivity contribution in [3.63, 3.8) is 0 Å². The van der Waals surface area contributed by atoms with Gasteiger partial charge in [-0.05, 0) is 20.8 Å². The van der Waals surface area contributed by atoms with E-state index in [0.29, 0.717) is 24.8 Å². The molecule has 6 nitrogen and oxygen atoms in total. The van der Waals surface area contributed by atoms with Gasteiger partial charge in [0.2, 0.25) is 0 Å². The zero-order valence-corrected chi connectivity index (χ0v) is 12.7. The Bertz CT molecular complexity index is 618. The molecule has 2 rings (SSSR count). The van der Waals surface area contributed by atoms with Gasteiger partial charge in [0.25, 0.3) is 0 Å². The van der Waals surface area contributed by atoms with Crippen LogP contribution in [0.4, 0.5) is 5.82 Å². The molecule has 0 unspecified atom stereocenters. The van der Waals surface area contributed by atoms with Crippen molar-refractivity contribution in [2.24, 2.45) is 0 Å². The Morgan fingerprint density at radius 2 is 2.20 bits per heavy atom. The van der Waals surface area contributed by atoms with Gasteiger partial charge in [-0.15, -0.1) is 11.3 Å². The minimum absolute atomic E-state index is 0.193. The average molecular weight is 294 g/mol. The van der Waals surface area contributed by atoms with Crippen molar-refractivity contribution in [1.82, 2.24) is 14.5 Å². The third kappa shape index (κ3) is 2.98. The highest BCUT2D eigenvalue weighted by Gasteiger charge is 2.19. The number of anilines is 1. The number of imidazole rings is 1. The van der Waals surface area contributed by atoms with Crippen molar-refractivity contribution in [2.45, 2.75) is 33.7 Å². The van der Waals surface area contributed by atoms with Crippen molar-refractivity contribution in [1.29, 1.82) is 0 Å². The Morgan fingerprint density at radius 3 is 2.80 bits per heavy atom. The van der Waals surface area contributed by atoms with Crippen LogP contribution in [-0.2, 0) is 17.7 Å². The number of thiazole rings is 1. The molecule has 0 aliphatic rings. The summed E-state index contributed by atoms with van der Waals surface area (Å²) in [5.41, 5.74) is 7.21. The standard InChI is InChI=1S/C13H18N4O2S/c1-4-19-13(18)11-12(14)17(8(2)15-11)6-5-10-7-20-9(3)16-10/h7H,4-6,14H2,1-3H3. The van der Waals surface area contributed by atoms with Gasteiger partial charge < -0.3 is 15.0 Å². The molecule has 0 radical (unpaired) electrons. The van der Waals surface area contributed by atoms with Crippen molar-refractivity contribution < 1.29 is 9.53 Å².